The third-order valence-corrected chi connectivity index (χ3v) is 6.26. The van der Waals surface area contributed by atoms with Crippen LogP contribution in [-0.2, 0) is 13.2 Å². The number of carbonyl (C=O) groups is 1. The molecule has 0 aliphatic carbocycles. The van der Waals surface area contributed by atoms with Gasteiger partial charge < -0.3 is 19.5 Å². The molecule has 168 valence electrons. The quantitative estimate of drug-likeness (QED) is 0.376. The molecule has 0 radical (unpaired) electrons. The lowest BCUT2D eigenvalue weighted by Crippen LogP contribution is -2.11. The van der Waals surface area contributed by atoms with Crippen molar-refractivity contribution < 1.29 is 19.0 Å². The standard InChI is InChI=1S/C24H20ClN3O4S/c1-15-3-2-4-16(7-15)10-28-11-19(25)23(27-28)26-24(29)22-8-17(13-33-22)12-30-18-5-6-20-21(9-18)32-14-31-20/h2-9,11,13H,10,12,14H2,1H3,(H,26,27,29). The molecule has 4 aromatic rings. The van der Waals surface area contributed by atoms with Crippen LogP contribution in [0.4, 0.5) is 5.82 Å². The summed E-state index contributed by atoms with van der Waals surface area (Å²) in [5.74, 6) is 2.11. The summed E-state index contributed by atoms with van der Waals surface area (Å²) >= 11 is 7.64. The number of nitrogens with zero attached hydrogens (tertiary/aromatic N) is 2. The molecule has 1 N–H and O–H groups in total. The Bertz CT molecular complexity index is 1320. The summed E-state index contributed by atoms with van der Waals surface area (Å²) in [6, 6.07) is 15.4. The van der Waals surface area contributed by atoms with Gasteiger partial charge in [0.05, 0.1) is 11.4 Å². The summed E-state index contributed by atoms with van der Waals surface area (Å²) in [5.41, 5.74) is 3.17. The molecular formula is C24H20ClN3O4S. The number of benzene rings is 2. The first kappa shape index (κ1) is 21.4. The van der Waals surface area contributed by atoms with Crippen molar-refractivity contribution in [3.63, 3.8) is 0 Å². The van der Waals surface area contributed by atoms with Crippen LogP contribution in [0.25, 0.3) is 0 Å². The molecule has 0 saturated carbocycles. The Morgan fingerprint density at radius 2 is 2.06 bits per heavy atom. The van der Waals surface area contributed by atoms with Gasteiger partial charge >= 0.3 is 0 Å². The Balaban J connectivity index is 1.20. The van der Waals surface area contributed by atoms with Crippen molar-refractivity contribution in [2.24, 2.45) is 0 Å². The van der Waals surface area contributed by atoms with Crippen LogP contribution >= 0.6 is 22.9 Å². The number of aromatic nitrogens is 2. The molecule has 2 aromatic carbocycles. The van der Waals surface area contributed by atoms with Crippen LogP contribution in [0, 0.1) is 6.92 Å². The summed E-state index contributed by atoms with van der Waals surface area (Å²) in [7, 11) is 0. The molecule has 1 aliphatic heterocycles. The number of nitrogens with one attached hydrogen (secondary N) is 1. The molecular weight excluding hydrogens is 462 g/mol. The van der Waals surface area contributed by atoms with Crippen LogP contribution in [0.2, 0.25) is 5.02 Å². The van der Waals surface area contributed by atoms with Gasteiger partial charge in [0, 0.05) is 17.8 Å². The van der Waals surface area contributed by atoms with Gasteiger partial charge in [-0.1, -0.05) is 41.4 Å². The zero-order valence-corrected chi connectivity index (χ0v) is 19.3. The van der Waals surface area contributed by atoms with Crippen molar-refractivity contribution >= 4 is 34.7 Å². The first-order chi connectivity index (χ1) is 16.0. The molecule has 7 nitrogen and oxygen atoms in total. The van der Waals surface area contributed by atoms with E-state index in [0.717, 1.165) is 11.1 Å². The van der Waals surface area contributed by atoms with E-state index in [1.807, 2.05) is 42.6 Å². The number of anilines is 1. The number of hydrogen-bond acceptors (Lipinski definition) is 6. The molecule has 0 spiro atoms. The largest absolute Gasteiger partial charge is 0.489 e. The van der Waals surface area contributed by atoms with Gasteiger partial charge in [0.15, 0.2) is 17.3 Å². The maximum atomic E-state index is 12.7. The lowest BCUT2D eigenvalue weighted by atomic mass is 10.1. The van der Waals surface area contributed by atoms with Gasteiger partial charge in [-0.05, 0) is 36.1 Å². The van der Waals surface area contributed by atoms with Crippen molar-refractivity contribution in [1.82, 2.24) is 9.78 Å². The minimum Gasteiger partial charge on any atom is -0.489 e. The highest BCUT2D eigenvalue weighted by Gasteiger charge is 2.16. The molecule has 0 saturated heterocycles. The van der Waals surface area contributed by atoms with Gasteiger partial charge in [0.2, 0.25) is 6.79 Å². The summed E-state index contributed by atoms with van der Waals surface area (Å²) in [5, 5.41) is 9.49. The Morgan fingerprint density at radius 1 is 1.18 bits per heavy atom. The fourth-order valence-electron chi connectivity index (χ4n) is 3.43. The summed E-state index contributed by atoms with van der Waals surface area (Å²) in [4.78, 5) is 13.3. The van der Waals surface area contributed by atoms with E-state index in [4.69, 9.17) is 25.8 Å². The number of thiophene rings is 1. The molecule has 0 fully saturated rings. The third kappa shape index (κ3) is 4.97. The molecule has 0 atom stereocenters. The minimum atomic E-state index is -0.267. The predicted octanol–water partition coefficient (Wildman–Crippen LogP) is 5.51. The minimum absolute atomic E-state index is 0.218. The maximum Gasteiger partial charge on any atom is 0.266 e. The van der Waals surface area contributed by atoms with Crippen LogP contribution in [0.5, 0.6) is 17.2 Å². The van der Waals surface area contributed by atoms with E-state index in [2.05, 4.69) is 16.5 Å². The molecule has 0 bridgehead atoms. The van der Waals surface area contributed by atoms with Crippen molar-refractivity contribution in [3.05, 3.63) is 86.7 Å². The summed E-state index contributed by atoms with van der Waals surface area (Å²) in [6.45, 7) is 3.16. The highest BCUT2D eigenvalue weighted by atomic mass is 35.5. The molecule has 2 aromatic heterocycles. The monoisotopic (exact) mass is 481 g/mol. The molecule has 0 unspecified atom stereocenters. The number of halogens is 1. The van der Waals surface area contributed by atoms with E-state index in [9.17, 15) is 4.79 Å². The Kier molecular flexibility index (Phi) is 5.93. The lowest BCUT2D eigenvalue weighted by molar-refractivity contribution is 0.103. The Hall–Kier alpha value is -3.49. The first-order valence-electron chi connectivity index (χ1n) is 10.2. The van der Waals surface area contributed by atoms with Gasteiger partial charge in [0.1, 0.15) is 17.4 Å². The number of fused-ring (bicyclic) bond motifs is 1. The number of ether oxygens (including phenoxy) is 3. The number of rotatable bonds is 7. The predicted molar refractivity (Wildman–Crippen MR) is 127 cm³/mol. The van der Waals surface area contributed by atoms with Gasteiger partial charge in [-0.15, -0.1) is 11.3 Å². The molecule has 1 aliphatic rings. The van der Waals surface area contributed by atoms with Crippen LogP contribution in [0.1, 0.15) is 26.4 Å². The Labute approximate surface area is 199 Å². The Morgan fingerprint density at radius 3 is 2.94 bits per heavy atom. The van der Waals surface area contributed by atoms with E-state index in [0.29, 0.717) is 46.1 Å². The van der Waals surface area contributed by atoms with Crippen LogP contribution in [0.3, 0.4) is 0 Å². The smallest absolute Gasteiger partial charge is 0.266 e. The number of aryl methyl sites for hydroxylation is 1. The zero-order valence-electron chi connectivity index (χ0n) is 17.7. The molecule has 33 heavy (non-hydrogen) atoms. The third-order valence-electron chi connectivity index (χ3n) is 5.00. The molecule has 5 rings (SSSR count). The van der Waals surface area contributed by atoms with Crippen LogP contribution in [-0.4, -0.2) is 22.5 Å². The van der Waals surface area contributed by atoms with Gasteiger partial charge in [-0.3, -0.25) is 9.48 Å². The molecule has 9 heteroatoms. The van der Waals surface area contributed by atoms with E-state index in [1.165, 1.54) is 16.9 Å². The van der Waals surface area contributed by atoms with Crippen molar-refractivity contribution in [2.45, 2.75) is 20.1 Å². The summed E-state index contributed by atoms with van der Waals surface area (Å²) in [6.07, 6.45) is 1.71. The van der Waals surface area contributed by atoms with Gasteiger partial charge in [-0.25, -0.2) is 0 Å². The lowest BCUT2D eigenvalue weighted by Gasteiger charge is -2.05. The average molecular weight is 482 g/mol. The number of hydrogen-bond donors (Lipinski definition) is 1. The second-order valence-corrected chi connectivity index (χ2v) is 8.91. The van der Waals surface area contributed by atoms with E-state index >= 15 is 0 Å². The van der Waals surface area contributed by atoms with E-state index < -0.39 is 0 Å². The average Bonchev–Trinajstić information content (AvgIpc) is 3.52. The fourth-order valence-corrected chi connectivity index (χ4v) is 4.42. The van der Waals surface area contributed by atoms with Crippen molar-refractivity contribution in [2.75, 3.05) is 12.1 Å². The SMILES string of the molecule is Cc1cccc(Cn2cc(Cl)c(NC(=O)c3cc(COc4ccc5c(c4)OCO5)cs3)n2)c1. The number of amides is 1. The number of carbonyl (C=O) groups excluding carboxylic acids is 1. The van der Waals surface area contributed by atoms with Gasteiger partial charge in [0.25, 0.3) is 5.91 Å². The second kappa shape index (κ2) is 9.17. The van der Waals surface area contributed by atoms with Crippen LogP contribution in [0.15, 0.2) is 60.1 Å². The zero-order chi connectivity index (χ0) is 22.8. The van der Waals surface area contributed by atoms with Crippen molar-refractivity contribution in [1.29, 1.82) is 0 Å². The maximum absolute atomic E-state index is 12.7. The summed E-state index contributed by atoms with van der Waals surface area (Å²) < 4.78 is 18.2. The first-order valence-corrected chi connectivity index (χ1v) is 11.5. The van der Waals surface area contributed by atoms with Crippen molar-refractivity contribution in [3.8, 4) is 17.2 Å². The highest BCUT2D eigenvalue weighted by molar-refractivity contribution is 7.12. The second-order valence-electron chi connectivity index (χ2n) is 7.59. The van der Waals surface area contributed by atoms with Crippen LogP contribution < -0.4 is 19.5 Å². The highest BCUT2D eigenvalue weighted by Crippen LogP contribution is 2.35. The van der Waals surface area contributed by atoms with E-state index in [-0.39, 0.29) is 12.7 Å². The fraction of sp³-hybridized carbons (Fsp3) is 0.167. The normalized spacial score (nSPS) is 12.1. The molecule has 1 amide bonds. The van der Waals surface area contributed by atoms with Gasteiger partial charge in [-0.2, -0.15) is 5.10 Å². The molecule has 3 heterocycles. The topological polar surface area (TPSA) is 74.6 Å². The van der Waals surface area contributed by atoms with E-state index in [1.54, 1.807) is 23.0 Å².